The summed E-state index contributed by atoms with van der Waals surface area (Å²) in [5.74, 6) is -1.52. The van der Waals surface area contributed by atoms with E-state index in [1.54, 1.807) is 0 Å². The van der Waals surface area contributed by atoms with Crippen LogP contribution in [0.3, 0.4) is 0 Å². The summed E-state index contributed by atoms with van der Waals surface area (Å²) in [5.41, 5.74) is 0. The molecule has 0 spiro atoms. The van der Waals surface area contributed by atoms with Crippen molar-refractivity contribution < 1.29 is 19.2 Å². The lowest BCUT2D eigenvalue weighted by Gasteiger charge is -2.27. The van der Waals surface area contributed by atoms with Crippen molar-refractivity contribution in [2.45, 2.75) is 18.9 Å². The number of imide groups is 1. The van der Waals surface area contributed by atoms with E-state index in [1.807, 2.05) is 0 Å². The minimum Gasteiger partial charge on any atom is -0.344 e. The van der Waals surface area contributed by atoms with Crippen molar-refractivity contribution in [3.63, 3.8) is 0 Å². The molecule has 7 heteroatoms. The van der Waals surface area contributed by atoms with E-state index < -0.39 is 17.9 Å². The number of nitrogens with one attached hydrogen (secondary N) is 2. The zero-order valence-electron chi connectivity index (χ0n) is 8.49. The van der Waals surface area contributed by atoms with Crippen LogP contribution in [0.5, 0.6) is 0 Å². The van der Waals surface area contributed by atoms with E-state index in [4.69, 9.17) is 0 Å². The minimum atomic E-state index is -0.591. The van der Waals surface area contributed by atoms with Crippen LogP contribution in [0.1, 0.15) is 12.8 Å². The molecule has 1 unspecified atom stereocenters. The van der Waals surface area contributed by atoms with Gasteiger partial charge in [-0.15, -0.1) is 0 Å². The Kier molecular flexibility index (Phi) is 2.59. The minimum absolute atomic E-state index is 0.128. The summed E-state index contributed by atoms with van der Waals surface area (Å²) < 4.78 is 0. The predicted octanol–water partition coefficient (Wildman–Crippen LogP) is -2.25. The molecule has 0 aromatic carbocycles. The Balaban J connectivity index is 2.01. The number of piperazine rings is 1. The molecule has 1 atom stereocenters. The lowest BCUT2D eigenvalue weighted by atomic mass is 10.2. The highest BCUT2D eigenvalue weighted by Gasteiger charge is 2.34. The highest BCUT2D eigenvalue weighted by atomic mass is 16.2. The van der Waals surface area contributed by atoms with Gasteiger partial charge in [-0.25, -0.2) is 0 Å². The molecule has 7 nitrogen and oxygen atoms in total. The van der Waals surface area contributed by atoms with E-state index in [2.05, 4.69) is 10.6 Å². The van der Waals surface area contributed by atoms with Crippen LogP contribution in [0.4, 0.5) is 0 Å². The smallest absolute Gasteiger partial charge is 0.246 e. The fourth-order valence-electron chi connectivity index (χ4n) is 1.81. The van der Waals surface area contributed by atoms with Gasteiger partial charge in [-0.3, -0.25) is 24.5 Å². The van der Waals surface area contributed by atoms with Crippen LogP contribution < -0.4 is 10.6 Å². The zero-order valence-corrected chi connectivity index (χ0v) is 8.49. The molecule has 2 fully saturated rings. The third-order valence-electron chi connectivity index (χ3n) is 2.55. The number of nitrogens with zero attached hydrogens (tertiary/aromatic N) is 1. The molecule has 2 aliphatic heterocycles. The Bertz CT molecular complexity index is 363. The molecule has 2 saturated heterocycles. The van der Waals surface area contributed by atoms with Crippen molar-refractivity contribution in [2.24, 2.45) is 0 Å². The first kappa shape index (κ1) is 10.6. The Morgan fingerprint density at radius 2 is 1.75 bits per heavy atom. The van der Waals surface area contributed by atoms with Gasteiger partial charge in [0.2, 0.25) is 23.6 Å². The molecule has 2 rings (SSSR count). The summed E-state index contributed by atoms with van der Waals surface area (Å²) in [6.45, 7) is -0.256. The summed E-state index contributed by atoms with van der Waals surface area (Å²) in [6.07, 6.45) is 0.731. The van der Waals surface area contributed by atoms with Gasteiger partial charge in [-0.05, 0) is 6.42 Å². The number of hydrogen-bond donors (Lipinski definition) is 2. The van der Waals surface area contributed by atoms with E-state index in [-0.39, 0.29) is 24.9 Å². The fourth-order valence-corrected chi connectivity index (χ4v) is 1.81. The molecule has 0 aromatic heterocycles. The zero-order chi connectivity index (χ0) is 11.7. The number of hydrogen-bond acceptors (Lipinski definition) is 4. The fraction of sp³-hybridized carbons (Fsp3) is 0.556. The summed E-state index contributed by atoms with van der Waals surface area (Å²) in [7, 11) is 0. The van der Waals surface area contributed by atoms with Crippen molar-refractivity contribution in [1.29, 1.82) is 0 Å². The van der Waals surface area contributed by atoms with Gasteiger partial charge in [-0.1, -0.05) is 0 Å². The molecule has 16 heavy (non-hydrogen) atoms. The van der Waals surface area contributed by atoms with Crippen molar-refractivity contribution >= 4 is 23.6 Å². The predicted molar refractivity (Wildman–Crippen MR) is 50.9 cm³/mol. The van der Waals surface area contributed by atoms with Gasteiger partial charge in [0.1, 0.15) is 19.1 Å². The van der Waals surface area contributed by atoms with E-state index in [0.29, 0.717) is 12.8 Å². The normalized spacial score (nSPS) is 25.4. The third-order valence-corrected chi connectivity index (χ3v) is 2.55. The van der Waals surface area contributed by atoms with Gasteiger partial charge < -0.3 is 10.2 Å². The Morgan fingerprint density at radius 1 is 1.12 bits per heavy atom. The second kappa shape index (κ2) is 3.92. The van der Waals surface area contributed by atoms with Crippen LogP contribution in [-0.4, -0.2) is 47.7 Å². The van der Waals surface area contributed by atoms with Crippen LogP contribution in [-0.2, 0) is 19.2 Å². The van der Waals surface area contributed by atoms with E-state index in [1.165, 1.54) is 0 Å². The largest absolute Gasteiger partial charge is 0.344 e. The van der Waals surface area contributed by atoms with Crippen LogP contribution >= 0.6 is 0 Å². The highest BCUT2D eigenvalue weighted by molar-refractivity contribution is 6.03. The van der Waals surface area contributed by atoms with Crippen LogP contribution in [0.2, 0.25) is 0 Å². The monoisotopic (exact) mass is 225 g/mol. The Morgan fingerprint density at radius 3 is 2.25 bits per heavy atom. The van der Waals surface area contributed by atoms with Crippen molar-refractivity contribution in [2.75, 3.05) is 13.1 Å². The van der Waals surface area contributed by atoms with E-state index in [0.717, 1.165) is 4.90 Å². The molecule has 0 bridgehead atoms. The van der Waals surface area contributed by atoms with E-state index >= 15 is 0 Å². The average Bonchev–Trinajstić information content (AvgIpc) is 2.62. The summed E-state index contributed by atoms with van der Waals surface area (Å²) in [4.78, 5) is 46.0. The maximum Gasteiger partial charge on any atom is 0.246 e. The molecule has 0 aliphatic carbocycles. The Labute approximate surface area is 91.2 Å². The molecule has 2 heterocycles. The second-order valence-corrected chi connectivity index (χ2v) is 3.82. The van der Waals surface area contributed by atoms with E-state index in [9.17, 15) is 19.2 Å². The van der Waals surface area contributed by atoms with Gasteiger partial charge in [0.15, 0.2) is 0 Å². The average molecular weight is 225 g/mol. The Hall–Kier alpha value is -1.92. The third kappa shape index (κ3) is 2.02. The van der Waals surface area contributed by atoms with Crippen molar-refractivity contribution in [1.82, 2.24) is 15.5 Å². The molecule has 0 saturated carbocycles. The molecular formula is C9H11N3O4. The van der Waals surface area contributed by atoms with Crippen LogP contribution in [0.15, 0.2) is 0 Å². The maximum atomic E-state index is 11.8. The number of rotatable bonds is 1. The molecule has 86 valence electrons. The molecule has 4 amide bonds. The first-order valence-electron chi connectivity index (χ1n) is 4.97. The van der Waals surface area contributed by atoms with Crippen LogP contribution in [0.25, 0.3) is 0 Å². The molecule has 0 aromatic rings. The molecule has 2 N–H and O–H groups in total. The molecule has 0 radical (unpaired) electrons. The second-order valence-electron chi connectivity index (χ2n) is 3.82. The van der Waals surface area contributed by atoms with Gasteiger partial charge in [0, 0.05) is 6.42 Å². The summed E-state index contributed by atoms with van der Waals surface area (Å²) in [6, 6.07) is -0.591. The van der Waals surface area contributed by atoms with Gasteiger partial charge in [0.05, 0.1) is 0 Å². The number of carbonyl (C=O) groups excluding carboxylic acids is 4. The summed E-state index contributed by atoms with van der Waals surface area (Å²) >= 11 is 0. The first-order valence-corrected chi connectivity index (χ1v) is 4.97. The van der Waals surface area contributed by atoms with Gasteiger partial charge >= 0.3 is 0 Å². The van der Waals surface area contributed by atoms with Gasteiger partial charge in [0.25, 0.3) is 0 Å². The van der Waals surface area contributed by atoms with Crippen LogP contribution in [0, 0.1) is 0 Å². The number of carbonyl (C=O) groups is 4. The van der Waals surface area contributed by atoms with Crippen molar-refractivity contribution in [3.05, 3.63) is 0 Å². The lowest BCUT2D eigenvalue weighted by molar-refractivity contribution is -0.146. The van der Waals surface area contributed by atoms with Crippen molar-refractivity contribution in [3.8, 4) is 0 Å². The topological polar surface area (TPSA) is 95.6 Å². The number of amides is 4. The summed E-state index contributed by atoms with van der Waals surface area (Å²) in [5, 5.41) is 4.61. The lowest BCUT2D eigenvalue weighted by Crippen LogP contribution is -2.56. The first-order chi connectivity index (χ1) is 7.56. The molecular weight excluding hydrogens is 214 g/mol. The SMILES string of the molecule is O=C1CN(C(=O)C2CCC(=O)N2)CC(=O)N1. The quantitative estimate of drug-likeness (QED) is 0.493. The highest BCUT2D eigenvalue weighted by Crippen LogP contribution is 2.10. The van der Waals surface area contributed by atoms with Gasteiger partial charge in [-0.2, -0.15) is 0 Å². The standard InChI is InChI=1S/C9H11N3O4/c13-6-2-1-5(10-6)9(16)12-3-7(14)11-8(15)4-12/h5H,1-4H2,(H,10,13)(H,11,14,15). The maximum absolute atomic E-state index is 11.8. The molecule has 2 aliphatic rings.